The molecule has 0 aromatic heterocycles. The van der Waals surface area contributed by atoms with Crippen molar-refractivity contribution in [3.63, 3.8) is 0 Å². The van der Waals surface area contributed by atoms with Gasteiger partial charge in [-0.2, -0.15) is 5.10 Å². The third-order valence-electron chi connectivity index (χ3n) is 1.76. The van der Waals surface area contributed by atoms with Gasteiger partial charge in [-0.05, 0) is 27.5 Å². The van der Waals surface area contributed by atoms with Crippen molar-refractivity contribution in [2.45, 2.75) is 26.8 Å². The van der Waals surface area contributed by atoms with Crippen molar-refractivity contribution < 1.29 is 0 Å². The number of aliphatic imine (C=N–C) groups is 1. The van der Waals surface area contributed by atoms with Gasteiger partial charge in [-0.15, -0.1) is 0 Å². The molecule has 0 unspecified atom stereocenters. The van der Waals surface area contributed by atoms with Gasteiger partial charge in [-0.25, -0.2) is 10.0 Å². The van der Waals surface area contributed by atoms with Crippen molar-refractivity contribution in [1.82, 2.24) is 5.01 Å². The van der Waals surface area contributed by atoms with Crippen LogP contribution in [0, 0.1) is 0 Å². The Morgan fingerprint density at radius 3 is 2.27 bits per heavy atom. The fourth-order valence-corrected chi connectivity index (χ4v) is 1.10. The Balaban J connectivity index is 5.37. The predicted molar refractivity (Wildman–Crippen MR) is 66.9 cm³/mol. The molecule has 84 valence electrons. The zero-order chi connectivity index (χ0) is 12.0. The second-order valence-corrected chi connectivity index (χ2v) is 3.52. The van der Waals surface area contributed by atoms with Gasteiger partial charge in [-0.3, -0.25) is 0 Å². The number of allylic oxidation sites excluding steroid dienone is 2. The normalized spacial score (nSPS) is 13.5. The van der Waals surface area contributed by atoms with Crippen molar-refractivity contribution in [2.24, 2.45) is 15.8 Å². The summed E-state index contributed by atoms with van der Waals surface area (Å²) in [7, 11) is 0. The lowest BCUT2D eigenvalue weighted by atomic mass is 10.3. The largest absolute Gasteiger partial charge is 0.394 e. The van der Waals surface area contributed by atoms with E-state index in [1.165, 1.54) is 0 Å². The maximum absolute atomic E-state index is 5.90. The number of nitrogens with two attached hydrogens (primary N) is 1. The van der Waals surface area contributed by atoms with Gasteiger partial charge >= 0.3 is 0 Å². The molecule has 0 radical (unpaired) electrons. The highest BCUT2D eigenvalue weighted by molar-refractivity contribution is 6.31. The number of hydrogen-bond acceptors (Lipinski definition) is 4. The van der Waals surface area contributed by atoms with Crippen LogP contribution in [0.3, 0.4) is 0 Å². The second kappa shape index (κ2) is 6.24. The summed E-state index contributed by atoms with van der Waals surface area (Å²) in [5.41, 5.74) is 6.16. The quantitative estimate of drug-likeness (QED) is 0.446. The van der Waals surface area contributed by atoms with Gasteiger partial charge in [0.1, 0.15) is 0 Å². The van der Waals surface area contributed by atoms with Crippen LogP contribution in [0.5, 0.6) is 0 Å². The fourth-order valence-electron chi connectivity index (χ4n) is 1.02. The molecule has 4 nitrogen and oxygen atoms in total. The molecule has 2 N–H and O–H groups in total. The van der Waals surface area contributed by atoms with Crippen LogP contribution in [-0.2, 0) is 0 Å². The van der Waals surface area contributed by atoms with E-state index in [1.807, 2.05) is 13.8 Å². The number of halogens is 1. The van der Waals surface area contributed by atoms with Crippen LogP contribution < -0.4 is 5.73 Å². The first-order chi connectivity index (χ1) is 6.99. The van der Waals surface area contributed by atoms with E-state index in [0.717, 1.165) is 0 Å². The first-order valence-electron chi connectivity index (χ1n) is 4.54. The molecule has 0 heterocycles. The van der Waals surface area contributed by atoms with Gasteiger partial charge in [0.25, 0.3) is 0 Å². The minimum absolute atomic E-state index is 0.0860. The van der Waals surface area contributed by atoms with E-state index in [2.05, 4.69) is 23.5 Å². The third-order valence-corrected chi connectivity index (χ3v) is 2.18. The van der Waals surface area contributed by atoms with Gasteiger partial charge in [0, 0.05) is 12.8 Å². The Labute approximate surface area is 95.8 Å². The smallest absolute Gasteiger partial charge is 0.173 e. The monoisotopic (exact) mass is 228 g/mol. The summed E-state index contributed by atoms with van der Waals surface area (Å²) < 4.78 is 0. The predicted octanol–water partition coefficient (Wildman–Crippen LogP) is 2.28. The fraction of sp³-hybridized carbons (Fsp3) is 0.400. The summed E-state index contributed by atoms with van der Waals surface area (Å²) in [5, 5.41) is 5.81. The number of hydrogen-bond donors (Lipinski definition) is 1. The highest BCUT2D eigenvalue weighted by Crippen LogP contribution is 2.19. The lowest BCUT2D eigenvalue weighted by Gasteiger charge is -2.23. The Hall–Kier alpha value is -1.29. The summed E-state index contributed by atoms with van der Waals surface area (Å²) in [4.78, 5) is 3.82. The molecule has 0 aliphatic rings. The zero-order valence-electron chi connectivity index (χ0n) is 9.37. The Morgan fingerprint density at radius 1 is 1.47 bits per heavy atom. The summed E-state index contributed by atoms with van der Waals surface area (Å²) in [6.45, 7) is 12.6. The van der Waals surface area contributed by atoms with Crippen LogP contribution in [0.2, 0.25) is 0 Å². The van der Waals surface area contributed by atoms with Gasteiger partial charge in [-0.1, -0.05) is 17.7 Å². The molecule has 0 aromatic carbocycles. The van der Waals surface area contributed by atoms with E-state index in [4.69, 9.17) is 17.3 Å². The molecule has 15 heavy (non-hydrogen) atoms. The summed E-state index contributed by atoms with van der Waals surface area (Å²) in [5.74, 6) is 0.420. The van der Waals surface area contributed by atoms with Crippen LogP contribution in [-0.4, -0.2) is 24.5 Å². The third kappa shape index (κ3) is 3.40. The molecule has 0 aliphatic carbocycles. The molecule has 0 saturated carbocycles. The summed E-state index contributed by atoms with van der Waals surface area (Å²) in [6.07, 6.45) is 1.68. The van der Waals surface area contributed by atoms with Crippen molar-refractivity contribution in [3.8, 4) is 0 Å². The molecule has 0 aliphatic heterocycles. The topological polar surface area (TPSA) is 54.0 Å². The lowest BCUT2D eigenvalue weighted by Crippen LogP contribution is -2.26. The molecular formula is C10H17ClN4. The van der Waals surface area contributed by atoms with Gasteiger partial charge in [0.2, 0.25) is 0 Å². The van der Waals surface area contributed by atoms with Crippen LogP contribution in [0.15, 0.2) is 32.7 Å². The van der Waals surface area contributed by atoms with Crippen LogP contribution >= 0.6 is 11.6 Å². The van der Waals surface area contributed by atoms with Crippen LogP contribution in [0.1, 0.15) is 20.8 Å². The van der Waals surface area contributed by atoms with Crippen molar-refractivity contribution in [3.05, 3.63) is 22.6 Å². The average Bonchev–Trinajstić information content (AvgIpc) is 2.22. The first kappa shape index (κ1) is 13.7. The standard InChI is InChI=1S/C10H17ClN4/c1-6-8(11)9(12)10(13-4)15(14-5)7(2)3/h6-7H,4-5,12H2,1-3H3/b8-6+,10-9-. The molecule has 0 aromatic rings. The van der Waals surface area contributed by atoms with Crippen molar-refractivity contribution >= 4 is 25.0 Å². The highest BCUT2D eigenvalue weighted by Gasteiger charge is 2.15. The van der Waals surface area contributed by atoms with E-state index in [9.17, 15) is 0 Å². The number of nitrogens with zero attached hydrogens (tertiary/aromatic N) is 3. The average molecular weight is 229 g/mol. The molecule has 0 saturated heterocycles. The minimum Gasteiger partial charge on any atom is -0.394 e. The van der Waals surface area contributed by atoms with Gasteiger partial charge < -0.3 is 5.73 Å². The van der Waals surface area contributed by atoms with E-state index in [0.29, 0.717) is 16.6 Å². The lowest BCUT2D eigenvalue weighted by molar-refractivity contribution is 0.296. The Bertz CT molecular complexity index is 305. The van der Waals surface area contributed by atoms with Crippen molar-refractivity contribution in [1.29, 1.82) is 0 Å². The van der Waals surface area contributed by atoms with Crippen LogP contribution in [0.25, 0.3) is 0 Å². The van der Waals surface area contributed by atoms with E-state index in [1.54, 1.807) is 18.0 Å². The first-order valence-corrected chi connectivity index (χ1v) is 4.91. The molecule has 0 amide bonds. The molecule has 0 rings (SSSR count). The Morgan fingerprint density at radius 2 is 2.00 bits per heavy atom. The molecule has 0 fully saturated rings. The molecule has 0 atom stereocenters. The van der Waals surface area contributed by atoms with Crippen LogP contribution in [0.4, 0.5) is 0 Å². The number of rotatable bonds is 5. The molecule has 0 spiro atoms. The van der Waals surface area contributed by atoms with Gasteiger partial charge in [0.15, 0.2) is 5.82 Å². The SMILES string of the molecule is C=N/C(=C(N)\C(Cl)=C/C)N(N=C)C(C)C. The summed E-state index contributed by atoms with van der Waals surface area (Å²) >= 11 is 5.90. The maximum Gasteiger partial charge on any atom is 0.173 e. The molecular weight excluding hydrogens is 212 g/mol. The second-order valence-electron chi connectivity index (χ2n) is 3.11. The van der Waals surface area contributed by atoms with E-state index in [-0.39, 0.29) is 6.04 Å². The van der Waals surface area contributed by atoms with E-state index < -0.39 is 0 Å². The van der Waals surface area contributed by atoms with E-state index >= 15 is 0 Å². The zero-order valence-corrected chi connectivity index (χ0v) is 10.1. The maximum atomic E-state index is 5.90. The molecule has 5 heteroatoms. The highest BCUT2D eigenvalue weighted by atomic mass is 35.5. The van der Waals surface area contributed by atoms with Crippen molar-refractivity contribution in [2.75, 3.05) is 0 Å². The minimum atomic E-state index is 0.0860. The summed E-state index contributed by atoms with van der Waals surface area (Å²) in [6, 6.07) is 0.0860. The number of hydrazone groups is 1. The van der Waals surface area contributed by atoms with Gasteiger partial charge in [0.05, 0.1) is 10.7 Å². The Kier molecular flexibility index (Phi) is 5.70. The molecule has 0 bridgehead atoms.